The van der Waals surface area contributed by atoms with E-state index < -0.39 is 0 Å². The molecule has 22 heavy (non-hydrogen) atoms. The van der Waals surface area contributed by atoms with E-state index in [4.69, 9.17) is 16.3 Å². The number of rotatable bonds is 1. The Morgan fingerprint density at radius 2 is 2.27 bits per heavy atom. The highest BCUT2D eigenvalue weighted by molar-refractivity contribution is 6.30. The monoisotopic (exact) mass is 321 g/mol. The molecule has 0 atom stereocenters. The normalized spacial score (nSPS) is 14.0. The van der Waals surface area contributed by atoms with E-state index in [2.05, 4.69) is 15.4 Å². The minimum absolute atomic E-state index is 0.262. The summed E-state index contributed by atoms with van der Waals surface area (Å²) in [6.45, 7) is 3.15. The molecule has 0 aliphatic carbocycles. The first-order valence-corrected chi connectivity index (χ1v) is 7.25. The fourth-order valence-corrected chi connectivity index (χ4v) is 2.42. The Morgan fingerprint density at radius 3 is 3.00 bits per heavy atom. The van der Waals surface area contributed by atoms with Crippen LogP contribution in [0.3, 0.4) is 0 Å². The van der Waals surface area contributed by atoms with Gasteiger partial charge in [-0.25, -0.2) is 4.79 Å². The van der Waals surface area contributed by atoms with Crippen LogP contribution < -0.4 is 10.1 Å². The largest absolute Gasteiger partial charge is 0.491 e. The minimum atomic E-state index is -0.262. The van der Waals surface area contributed by atoms with Crippen molar-refractivity contribution in [3.8, 4) is 5.75 Å². The number of ether oxygens (including phenoxy) is 1. The van der Waals surface area contributed by atoms with E-state index in [1.807, 2.05) is 19.1 Å². The SMILES string of the molecule is Cc1nc(NC(=O)N2CCOc3ccc(Cl)cc3C2)nn1C. The Morgan fingerprint density at radius 1 is 1.45 bits per heavy atom. The number of anilines is 1. The maximum Gasteiger partial charge on any atom is 0.324 e. The van der Waals surface area contributed by atoms with E-state index in [-0.39, 0.29) is 6.03 Å². The number of aromatic nitrogens is 3. The van der Waals surface area contributed by atoms with E-state index in [0.29, 0.717) is 30.7 Å². The minimum Gasteiger partial charge on any atom is -0.491 e. The van der Waals surface area contributed by atoms with Crippen LogP contribution in [-0.2, 0) is 13.6 Å². The summed E-state index contributed by atoms with van der Waals surface area (Å²) in [4.78, 5) is 18.2. The molecule has 8 heteroatoms. The van der Waals surface area contributed by atoms with Crippen molar-refractivity contribution in [3.63, 3.8) is 0 Å². The Labute approximate surface area is 132 Å². The van der Waals surface area contributed by atoms with Gasteiger partial charge in [0.15, 0.2) is 0 Å². The topological polar surface area (TPSA) is 72.3 Å². The van der Waals surface area contributed by atoms with Gasteiger partial charge in [0.05, 0.1) is 13.1 Å². The third-order valence-electron chi connectivity index (χ3n) is 3.49. The molecule has 1 aliphatic heterocycles. The van der Waals surface area contributed by atoms with Crippen LogP contribution in [0.2, 0.25) is 5.02 Å². The molecular formula is C14H16ClN5O2. The van der Waals surface area contributed by atoms with Gasteiger partial charge in [0.25, 0.3) is 0 Å². The van der Waals surface area contributed by atoms with E-state index in [9.17, 15) is 4.79 Å². The molecule has 2 aromatic rings. The van der Waals surface area contributed by atoms with Gasteiger partial charge in [0.2, 0.25) is 5.95 Å². The lowest BCUT2D eigenvalue weighted by atomic mass is 10.2. The molecule has 1 N–H and O–H groups in total. The van der Waals surface area contributed by atoms with Gasteiger partial charge in [-0.1, -0.05) is 11.6 Å². The van der Waals surface area contributed by atoms with Crippen LogP contribution in [0, 0.1) is 6.92 Å². The van der Waals surface area contributed by atoms with Crippen molar-refractivity contribution in [2.75, 3.05) is 18.5 Å². The second-order valence-corrected chi connectivity index (χ2v) is 5.49. The molecule has 0 saturated heterocycles. The lowest BCUT2D eigenvalue weighted by Gasteiger charge is -2.19. The summed E-state index contributed by atoms with van der Waals surface area (Å²) in [6.07, 6.45) is 0. The molecule has 1 aromatic carbocycles. The van der Waals surface area contributed by atoms with Gasteiger partial charge in [-0.3, -0.25) is 10.00 Å². The van der Waals surface area contributed by atoms with Gasteiger partial charge in [-0.2, -0.15) is 4.98 Å². The zero-order chi connectivity index (χ0) is 15.7. The number of hydrogen-bond acceptors (Lipinski definition) is 4. The standard InChI is InChI=1S/C14H16ClN5O2/c1-9-16-13(18-19(9)2)17-14(21)20-5-6-22-12-4-3-11(15)7-10(12)8-20/h3-4,7H,5-6,8H2,1-2H3,(H,17,18,21). The molecule has 1 aromatic heterocycles. The van der Waals surface area contributed by atoms with Gasteiger partial charge in [-0.05, 0) is 25.1 Å². The number of carbonyl (C=O) groups is 1. The summed E-state index contributed by atoms with van der Waals surface area (Å²) in [5.41, 5.74) is 0.880. The molecule has 0 bridgehead atoms. The average molecular weight is 322 g/mol. The van der Waals surface area contributed by atoms with Gasteiger partial charge in [0.1, 0.15) is 18.2 Å². The number of benzene rings is 1. The maximum absolute atomic E-state index is 12.4. The zero-order valence-corrected chi connectivity index (χ0v) is 13.1. The first kappa shape index (κ1) is 14.6. The third kappa shape index (κ3) is 2.99. The lowest BCUT2D eigenvalue weighted by molar-refractivity contribution is 0.200. The van der Waals surface area contributed by atoms with Crippen molar-refractivity contribution in [2.24, 2.45) is 7.05 Å². The number of halogens is 1. The fraction of sp³-hybridized carbons (Fsp3) is 0.357. The predicted octanol–water partition coefficient (Wildman–Crippen LogP) is 2.20. The number of fused-ring (bicyclic) bond motifs is 1. The Bertz CT molecular complexity index is 696. The maximum atomic E-state index is 12.4. The molecule has 0 fully saturated rings. The van der Waals surface area contributed by atoms with E-state index in [1.165, 1.54) is 0 Å². The van der Waals surface area contributed by atoms with Crippen LogP contribution in [0.4, 0.5) is 10.7 Å². The van der Waals surface area contributed by atoms with Crippen LogP contribution in [0.5, 0.6) is 5.75 Å². The fourth-order valence-electron chi connectivity index (χ4n) is 2.23. The van der Waals surface area contributed by atoms with Crippen molar-refractivity contribution >= 4 is 23.6 Å². The van der Waals surface area contributed by atoms with E-state index >= 15 is 0 Å². The Balaban J connectivity index is 1.75. The third-order valence-corrected chi connectivity index (χ3v) is 3.72. The van der Waals surface area contributed by atoms with Crippen molar-refractivity contribution in [1.29, 1.82) is 0 Å². The van der Waals surface area contributed by atoms with Gasteiger partial charge >= 0.3 is 6.03 Å². The summed E-state index contributed by atoms with van der Waals surface area (Å²) in [5.74, 6) is 1.78. The van der Waals surface area contributed by atoms with Crippen molar-refractivity contribution in [1.82, 2.24) is 19.7 Å². The Hall–Kier alpha value is -2.28. The molecule has 0 saturated carbocycles. The number of urea groups is 1. The first-order chi connectivity index (χ1) is 10.5. The smallest absolute Gasteiger partial charge is 0.324 e. The number of nitrogens with zero attached hydrogens (tertiary/aromatic N) is 4. The second kappa shape index (κ2) is 5.84. The molecule has 0 radical (unpaired) electrons. The molecule has 3 rings (SSSR count). The second-order valence-electron chi connectivity index (χ2n) is 5.06. The summed E-state index contributed by atoms with van der Waals surface area (Å²) >= 11 is 6.01. The van der Waals surface area contributed by atoms with Crippen LogP contribution >= 0.6 is 11.6 Å². The molecule has 116 valence electrons. The molecule has 0 spiro atoms. The van der Waals surface area contributed by atoms with Crippen molar-refractivity contribution < 1.29 is 9.53 Å². The molecule has 1 aliphatic rings. The predicted molar refractivity (Wildman–Crippen MR) is 82.1 cm³/mol. The summed E-state index contributed by atoms with van der Waals surface area (Å²) in [5, 5.41) is 7.44. The first-order valence-electron chi connectivity index (χ1n) is 6.88. The van der Waals surface area contributed by atoms with Crippen LogP contribution in [-0.4, -0.2) is 38.8 Å². The summed E-state index contributed by atoms with van der Waals surface area (Å²) in [7, 11) is 1.77. The highest BCUT2D eigenvalue weighted by Gasteiger charge is 2.21. The van der Waals surface area contributed by atoms with Gasteiger partial charge in [-0.15, -0.1) is 5.10 Å². The quantitative estimate of drug-likeness (QED) is 0.874. The highest BCUT2D eigenvalue weighted by Crippen LogP contribution is 2.26. The van der Waals surface area contributed by atoms with Crippen LogP contribution in [0.1, 0.15) is 11.4 Å². The number of carbonyl (C=O) groups excluding carboxylic acids is 1. The molecule has 7 nitrogen and oxygen atoms in total. The number of amides is 2. The van der Waals surface area contributed by atoms with E-state index in [0.717, 1.165) is 17.1 Å². The van der Waals surface area contributed by atoms with Gasteiger partial charge in [0, 0.05) is 17.6 Å². The Kier molecular flexibility index (Phi) is 3.89. The highest BCUT2D eigenvalue weighted by atomic mass is 35.5. The molecular weight excluding hydrogens is 306 g/mol. The van der Waals surface area contributed by atoms with E-state index in [1.54, 1.807) is 22.7 Å². The van der Waals surface area contributed by atoms with Gasteiger partial charge < -0.3 is 9.64 Å². The van der Waals surface area contributed by atoms with Crippen molar-refractivity contribution in [3.05, 3.63) is 34.6 Å². The number of hydrogen-bond donors (Lipinski definition) is 1. The number of aryl methyl sites for hydroxylation is 2. The van der Waals surface area contributed by atoms with Crippen LogP contribution in [0.25, 0.3) is 0 Å². The average Bonchev–Trinajstić information content (AvgIpc) is 2.68. The summed E-state index contributed by atoms with van der Waals surface area (Å²) in [6, 6.07) is 5.15. The number of nitrogens with one attached hydrogen (secondary N) is 1. The summed E-state index contributed by atoms with van der Waals surface area (Å²) < 4.78 is 7.25. The molecule has 0 unspecified atom stereocenters. The zero-order valence-electron chi connectivity index (χ0n) is 12.3. The van der Waals surface area contributed by atoms with Crippen molar-refractivity contribution in [2.45, 2.75) is 13.5 Å². The lowest BCUT2D eigenvalue weighted by Crippen LogP contribution is -2.36. The molecule has 2 amide bonds. The van der Waals surface area contributed by atoms with Crippen LogP contribution in [0.15, 0.2) is 18.2 Å². The molecule has 2 heterocycles.